The number of fused-ring (bicyclic) bond motifs is 2. The lowest BCUT2D eigenvalue weighted by atomic mass is 9.98. The number of nitrogens with zero attached hydrogens (tertiary/aromatic N) is 1. The molecule has 0 saturated carbocycles. The van der Waals surface area contributed by atoms with Crippen molar-refractivity contribution < 1.29 is 14.0 Å². The molecular weight excluding hydrogens is 386 g/mol. The number of hydrogen-bond donors (Lipinski definition) is 2. The van der Waals surface area contributed by atoms with Gasteiger partial charge in [-0.2, -0.15) is 0 Å². The van der Waals surface area contributed by atoms with E-state index < -0.39 is 0 Å². The molecule has 2 fully saturated rings. The Balaban J connectivity index is 0.00000210. The maximum absolute atomic E-state index is 13.0. The molecule has 0 aliphatic carbocycles. The van der Waals surface area contributed by atoms with Gasteiger partial charge in [0.15, 0.2) is 5.76 Å². The van der Waals surface area contributed by atoms with Crippen LogP contribution in [0, 0.1) is 6.92 Å². The summed E-state index contributed by atoms with van der Waals surface area (Å²) in [6, 6.07) is 6.50. The molecule has 2 aliphatic heterocycles. The van der Waals surface area contributed by atoms with E-state index in [1.54, 1.807) is 12.1 Å². The number of carbonyl (C=O) groups is 2. The van der Waals surface area contributed by atoms with Crippen LogP contribution in [0.25, 0.3) is 0 Å². The van der Waals surface area contributed by atoms with Crippen molar-refractivity contribution in [3.8, 4) is 0 Å². The van der Waals surface area contributed by atoms with Gasteiger partial charge in [0.2, 0.25) is 0 Å². The molecule has 0 spiro atoms. The number of rotatable bonds is 4. The van der Waals surface area contributed by atoms with Crippen molar-refractivity contribution in [1.82, 2.24) is 10.2 Å². The minimum atomic E-state index is -0.307. The van der Waals surface area contributed by atoms with Crippen molar-refractivity contribution >= 4 is 40.6 Å². The lowest BCUT2D eigenvalue weighted by molar-refractivity contribution is 0.0686. The van der Waals surface area contributed by atoms with Crippen LogP contribution in [0.5, 0.6) is 0 Å². The van der Waals surface area contributed by atoms with Gasteiger partial charge in [-0.1, -0.05) is 0 Å². The highest BCUT2D eigenvalue weighted by Crippen LogP contribution is 2.32. The summed E-state index contributed by atoms with van der Waals surface area (Å²) in [6.07, 6.45) is 5.93. The fourth-order valence-electron chi connectivity index (χ4n) is 4.01. The molecular formula is C19H24ClN3O3S. The predicted octanol–water partition coefficient (Wildman–Crippen LogP) is 3.68. The van der Waals surface area contributed by atoms with Gasteiger partial charge in [0.05, 0.1) is 16.1 Å². The Hall–Kier alpha value is -1.83. The first kappa shape index (κ1) is 19.9. The van der Waals surface area contributed by atoms with E-state index in [2.05, 4.69) is 10.6 Å². The third-order valence-electron chi connectivity index (χ3n) is 5.41. The molecule has 2 atom stereocenters. The van der Waals surface area contributed by atoms with E-state index in [0.717, 1.165) is 18.4 Å². The first-order chi connectivity index (χ1) is 12.5. The quantitative estimate of drug-likeness (QED) is 0.807. The second-order valence-electron chi connectivity index (χ2n) is 7.23. The molecule has 0 radical (unpaired) electrons. The fraction of sp³-hybridized carbons (Fsp3) is 0.474. The maximum atomic E-state index is 13.0. The molecule has 2 amide bonds. The molecule has 2 aromatic heterocycles. The molecule has 146 valence electrons. The van der Waals surface area contributed by atoms with Crippen molar-refractivity contribution in [2.45, 2.75) is 50.7 Å². The van der Waals surface area contributed by atoms with Gasteiger partial charge >= 0.3 is 0 Å². The van der Waals surface area contributed by atoms with Gasteiger partial charge in [-0.05, 0) is 56.4 Å². The number of nitrogens with one attached hydrogen (secondary N) is 2. The van der Waals surface area contributed by atoms with Gasteiger partial charge in [-0.15, -0.1) is 23.7 Å². The van der Waals surface area contributed by atoms with Crippen LogP contribution in [-0.2, 0) is 0 Å². The smallest absolute Gasteiger partial charge is 0.291 e. The number of aryl methyl sites for hydroxylation is 1. The van der Waals surface area contributed by atoms with E-state index in [1.165, 1.54) is 30.4 Å². The molecule has 2 aliphatic rings. The summed E-state index contributed by atoms with van der Waals surface area (Å²) in [5.41, 5.74) is 0.888. The zero-order valence-corrected chi connectivity index (χ0v) is 17.0. The number of thiophene rings is 1. The van der Waals surface area contributed by atoms with Crippen molar-refractivity contribution in [1.29, 1.82) is 0 Å². The number of furan rings is 1. The minimum absolute atomic E-state index is 0. The molecule has 2 saturated heterocycles. The van der Waals surface area contributed by atoms with Gasteiger partial charge in [0.25, 0.3) is 11.8 Å². The Labute approximate surface area is 168 Å². The van der Waals surface area contributed by atoms with Crippen LogP contribution in [0.15, 0.2) is 28.9 Å². The summed E-state index contributed by atoms with van der Waals surface area (Å²) < 4.78 is 5.11. The highest BCUT2D eigenvalue weighted by molar-refractivity contribution is 7.18. The summed E-state index contributed by atoms with van der Waals surface area (Å²) in [7, 11) is 1.90. The molecule has 2 N–H and O–H groups in total. The molecule has 2 aromatic rings. The second-order valence-corrected chi connectivity index (χ2v) is 8.29. The van der Waals surface area contributed by atoms with Crippen molar-refractivity contribution in [3.63, 3.8) is 0 Å². The van der Waals surface area contributed by atoms with E-state index in [9.17, 15) is 9.59 Å². The molecule has 2 unspecified atom stereocenters. The number of piperidine rings is 1. The number of hydrogen-bond acceptors (Lipinski definition) is 5. The van der Waals surface area contributed by atoms with Gasteiger partial charge < -0.3 is 20.0 Å². The van der Waals surface area contributed by atoms with Crippen LogP contribution in [0.3, 0.4) is 0 Å². The van der Waals surface area contributed by atoms with E-state index in [4.69, 9.17) is 4.42 Å². The average molecular weight is 410 g/mol. The van der Waals surface area contributed by atoms with Crippen molar-refractivity contribution in [2.24, 2.45) is 0 Å². The Morgan fingerprint density at radius 3 is 2.63 bits per heavy atom. The van der Waals surface area contributed by atoms with E-state index >= 15 is 0 Å². The van der Waals surface area contributed by atoms with Gasteiger partial charge in [-0.25, -0.2) is 0 Å². The lowest BCUT2D eigenvalue weighted by Gasteiger charge is -2.35. The summed E-state index contributed by atoms with van der Waals surface area (Å²) >= 11 is 1.32. The Morgan fingerprint density at radius 1 is 1.30 bits per heavy atom. The zero-order chi connectivity index (χ0) is 18.3. The number of amides is 2. The molecule has 8 heteroatoms. The van der Waals surface area contributed by atoms with Crippen molar-refractivity contribution in [2.75, 3.05) is 12.4 Å². The molecule has 4 rings (SSSR count). The first-order valence-electron chi connectivity index (χ1n) is 8.99. The van der Waals surface area contributed by atoms with E-state index in [0.29, 0.717) is 22.0 Å². The molecule has 4 heterocycles. The third kappa shape index (κ3) is 4.05. The normalized spacial score (nSPS) is 23.6. The zero-order valence-electron chi connectivity index (χ0n) is 15.4. The first-order valence-corrected chi connectivity index (χ1v) is 9.81. The summed E-state index contributed by atoms with van der Waals surface area (Å²) in [5.74, 6) is -0.0120. The fourth-order valence-corrected chi connectivity index (χ4v) is 5.06. The number of halogens is 1. The van der Waals surface area contributed by atoms with Crippen LogP contribution in [0.1, 0.15) is 51.5 Å². The third-order valence-corrected chi connectivity index (χ3v) is 6.55. The Kier molecular flexibility index (Phi) is 5.93. The largest absolute Gasteiger partial charge is 0.459 e. The van der Waals surface area contributed by atoms with Crippen LogP contribution in [-0.4, -0.2) is 41.9 Å². The highest BCUT2D eigenvalue weighted by atomic mass is 35.5. The predicted molar refractivity (Wildman–Crippen MR) is 108 cm³/mol. The monoisotopic (exact) mass is 409 g/mol. The van der Waals surface area contributed by atoms with E-state index in [-0.39, 0.29) is 36.0 Å². The van der Waals surface area contributed by atoms with Crippen molar-refractivity contribution in [3.05, 3.63) is 40.7 Å². The minimum Gasteiger partial charge on any atom is -0.459 e. The van der Waals surface area contributed by atoms with Gasteiger partial charge in [0, 0.05) is 25.2 Å². The van der Waals surface area contributed by atoms with E-state index in [1.807, 2.05) is 24.9 Å². The maximum Gasteiger partial charge on any atom is 0.291 e. The summed E-state index contributed by atoms with van der Waals surface area (Å²) in [5, 5.41) is 7.08. The van der Waals surface area contributed by atoms with Gasteiger partial charge in [0.1, 0.15) is 0 Å². The van der Waals surface area contributed by atoms with Crippen LogP contribution >= 0.6 is 23.7 Å². The Morgan fingerprint density at radius 2 is 2.00 bits per heavy atom. The second kappa shape index (κ2) is 8.04. The Bertz CT molecular complexity index is 808. The lowest BCUT2D eigenvalue weighted by Crippen LogP contribution is -2.48. The topological polar surface area (TPSA) is 74.6 Å². The molecule has 0 aromatic carbocycles. The SMILES string of the molecule is Cc1cc(NC(=O)c2ccco2)sc1C(=O)N(C)C1CC2CCC(C1)N2.Cl. The number of carbonyl (C=O) groups excluding carboxylic acids is 2. The van der Waals surface area contributed by atoms with Crippen LogP contribution in [0.2, 0.25) is 0 Å². The summed E-state index contributed by atoms with van der Waals surface area (Å²) in [6.45, 7) is 1.91. The average Bonchev–Trinajstić information content (AvgIpc) is 3.34. The molecule has 6 nitrogen and oxygen atoms in total. The highest BCUT2D eigenvalue weighted by Gasteiger charge is 2.37. The number of anilines is 1. The van der Waals surface area contributed by atoms with Crippen LogP contribution < -0.4 is 10.6 Å². The standard InChI is InChI=1S/C19H23N3O3S.ClH/c1-11-8-16(21-18(23)15-4-3-7-25-15)26-17(11)19(24)22(2)14-9-12-5-6-13(10-14)20-12;/h3-4,7-8,12-14,20H,5-6,9-10H2,1-2H3,(H,21,23);1H. The van der Waals surface area contributed by atoms with Crippen LogP contribution in [0.4, 0.5) is 5.00 Å². The molecule has 27 heavy (non-hydrogen) atoms. The van der Waals surface area contributed by atoms with Gasteiger partial charge in [-0.3, -0.25) is 9.59 Å². The summed E-state index contributed by atoms with van der Waals surface area (Å²) in [4.78, 5) is 27.7. The molecule has 2 bridgehead atoms.